The van der Waals surface area contributed by atoms with Crippen molar-refractivity contribution in [2.45, 2.75) is 38.3 Å². The second-order valence-corrected chi connectivity index (χ2v) is 7.45. The minimum atomic E-state index is -0.420. The molecule has 1 aromatic carbocycles. The Balaban J connectivity index is 1.73. The number of nitro groups is 1. The molecule has 8 heteroatoms. The number of hydrogen-bond donors (Lipinski definition) is 1. The van der Waals surface area contributed by atoms with Gasteiger partial charge < -0.3 is 14.8 Å². The van der Waals surface area contributed by atoms with Gasteiger partial charge in [0.2, 0.25) is 0 Å². The van der Waals surface area contributed by atoms with Gasteiger partial charge in [-0.1, -0.05) is 11.6 Å². The minimum absolute atomic E-state index is 0.0148. The first kappa shape index (κ1) is 19.4. The van der Waals surface area contributed by atoms with Gasteiger partial charge in [0.15, 0.2) is 0 Å². The third-order valence-electron chi connectivity index (χ3n) is 5.38. The molecule has 0 bridgehead atoms. The Morgan fingerprint density at radius 1 is 1.42 bits per heavy atom. The van der Waals surface area contributed by atoms with Gasteiger partial charge in [-0.15, -0.1) is 0 Å². The van der Waals surface area contributed by atoms with E-state index in [1.165, 1.54) is 6.07 Å². The Bertz CT molecular complexity index is 635. The summed E-state index contributed by atoms with van der Waals surface area (Å²) in [6.45, 7) is 8.64. The van der Waals surface area contributed by atoms with E-state index in [2.05, 4.69) is 10.2 Å². The standard InChI is InChI=1S/C18H26ClN3O4/c1-3-26-15-10-18(11-15,21-4-6-25-7-5-21)12-20-17-13(2)8-14(22(23)24)9-16(17)19/h8-9,15,20H,3-7,10-12H2,1-2H3. The van der Waals surface area contributed by atoms with Crippen molar-refractivity contribution in [3.8, 4) is 0 Å². The average molecular weight is 384 g/mol. The highest BCUT2D eigenvalue weighted by atomic mass is 35.5. The van der Waals surface area contributed by atoms with Gasteiger partial charge in [-0.3, -0.25) is 15.0 Å². The third kappa shape index (κ3) is 3.96. The third-order valence-corrected chi connectivity index (χ3v) is 5.67. The zero-order valence-electron chi connectivity index (χ0n) is 15.3. The van der Waals surface area contributed by atoms with Crippen molar-refractivity contribution in [3.05, 3.63) is 32.8 Å². The van der Waals surface area contributed by atoms with E-state index in [1.54, 1.807) is 6.07 Å². The number of nitrogens with one attached hydrogen (secondary N) is 1. The zero-order chi connectivity index (χ0) is 18.7. The van der Waals surface area contributed by atoms with Crippen LogP contribution in [0.5, 0.6) is 0 Å². The van der Waals surface area contributed by atoms with Crippen LogP contribution in [-0.2, 0) is 9.47 Å². The fraction of sp³-hybridized carbons (Fsp3) is 0.667. The fourth-order valence-electron chi connectivity index (χ4n) is 4.00. The molecule has 1 N–H and O–H groups in total. The number of rotatable bonds is 7. The highest BCUT2D eigenvalue weighted by molar-refractivity contribution is 6.33. The van der Waals surface area contributed by atoms with Crippen LogP contribution in [0.3, 0.4) is 0 Å². The average Bonchev–Trinajstić information content (AvgIpc) is 2.58. The van der Waals surface area contributed by atoms with E-state index in [0.29, 0.717) is 5.02 Å². The molecule has 2 aliphatic rings. The van der Waals surface area contributed by atoms with Crippen molar-refractivity contribution >= 4 is 23.0 Å². The summed E-state index contributed by atoms with van der Waals surface area (Å²) < 4.78 is 11.3. The molecular weight excluding hydrogens is 358 g/mol. The van der Waals surface area contributed by atoms with Crippen molar-refractivity contribution in [3.63, 3.8) is 0 Å². The Kier molecular flexibility index (Phi) is 6.02. The second kappa shape index (κ2) is 8.08. The topological polar surface area (TPSA) is 76.9 Å². The van der Waals surface area contributed by atoms with Gasteiger partial charge in [-0.05, 0) is 32.3 Å². The van der Waals surface area contributed by atoms with Crippen LogP contribution < -0.4 is 5.32 Å². The number of benzene rings is 1. The van der Waals surface area contributed by atoms with Crippen molar-refractivity contribution in [2.75, 3.05) is 44.8 Å². The number of ether oxygens (including phenoxy) is 2. The Morgan fingerprint density at radius 3 is 2.69 bits per heavy atom. The van der Waals surface area contributed by atoms with E-state index in [-0.39, 0.29) is 17.3 Å². The first-order chi connectivity index (χ1) is 12.4. The van der Waals surface area contributed by atoms with Gasteiger partial charge in [0.1, 0.15) is 0 Å². The lowest BCUT2D eigenvalue weighted by Gasteiger charge is -2.55. The normalized spacial score (nSPS) is 26.3. The number of nitrogens with zero attached hydrogens (tertiary/aromatic N) is 2. The van der Waals surface area contributed by atoms with Crippen LogP contribution in [-0.4, -0.2) is 60.9 Å². The van der Waals surface area contributed by atoms with Crippen molar-refractivity contribution in [2.24, 2.45) is 0 Å². The maximum absolute atomic E-state index is 11.0. The molecule has 0 aromatic heterocycles. The molecule has 3 rings (SSSR count). The van der Waals surface area contributed by atoms with Gasteiger partial charge in [0.25, 0.3) is 5.69 Å². The first-order valence-corrected chi connectivity index (χ1v) is 9.46. The van der Waals surface area contributed by atoms with E-state index < -0.39 is 4.92 Å². The zero-order valence-corrected chi connectivity index (χ0v) is 16.1. The Morgan fingerprint density at radius 2 is 2.12 bits per heavy atom. The lowest BCUT2D eigenvalue weighted by Crippen LogP contribution is -2.65. The lowest BCUT2D eigenvalue weighted by molar-refractivity contribution is -0.384. The van der Waals surface area contributed by atoms with E-state index in [0.717, 1.165) is 63.5 Å². The van der Waals surface area contributed by atoms with Crippen LogP contribution >= 0.6 is 11.6 Å². The fourth-order valence-corrected chi connectivity index (χ4v) is 4.33. The van der Waals surface area contributed by atoms with Crippen molar-refractivity contribution in [1.82, 2.24) is 4.90 Å². The number of nitro benzene ring substituents is 1. The van der Waals surface area contributed by atoms with Gasteiger partial charge in [-0.2, -0.15) is 0 Å². The summed E-state index contributed by atoms with van der Waals surface area (Å²) in [6, 6.07) is 2.96. The molecule has 7 nitrogen and oxygen atoms in total. The molecule has 0 unspecified atom stereocenters. The summed E-state index contributed by atoms with van der Waals surface area (Å²) in [5, 5.41) is 14.8. The first-order valence-electron chi connectivity index (χ1n) is 9.08. The van der Waals surface area contributed by atoms with Crippen LogP contribution in [0, 0.1) is 17.0 Å². The molecular formula is C18H26ClN3O4. The smallest absolute Gasteiger partial charge is 0.271 e. The Labute approximate surface area is 158 Å². The molecule has 1 aromatic rings. The van der Waals surface area contributed by atoms with E-state index in [1.807, 2.05) is 13.8 Å². The van der Waals surface area contributed by atoms with Gasteiger partial charge in [0, 0.05) is 43.9 Å². The van der Waals surface area contributed by atoms with Crippen LogP contribution in [0.2, 0.25) is 5.02 Å². The van der Waals surface area contributed by atoms with Crippen LogP contribution in [0.15, 0.2) is 12.1 Å². The number of morpholine rings is 1. The molecule has 0 radical (unpaired) electrons. The van der Waals surface area contributed by atoms with Gasteiger partial charge in [0.05, 0.1) is 35.0 Å². The molecule has 26 heavy (non-hydrogen) atoms. The maximum Gasteiger partial charge on any atom is 0.271 e. The number of hydrogen-bond acceptors (Lipinski definition) is 6. The number of halogens is 1. The van der Waals surface area contributed by atoms with Crippen molar-refractivity contribution < 1.29 is 14.4 Å². The van der Waals surface area contributed by atoms with Crippen molar-refractivity contribution in [1.29, 1.82) is 0 Å². The predicted molar refractivity (Wildman–Crippen MR) is 101 cm³/mol. The van der Waals surface area contributed by atoms with Gasteiger partial charge in [-0.25, -0.2) is 0 Å². The SMILES string of the molecule is CCOC1CC(CNc2c(C)cc([N+](=O)[O-])cc2Cl)(N2CCOCC2)C1. The van der Waals surface area contributed by atoms with Crippen LogP contribution in [0.25, 0.3) is 0 Å². The predicted octanol–water partition coefficient (Wildman–Crippen LogP) is 3.24. The summed E-state index contributed by atoms with van der Waals surface area (Å²) in [7, 11) is 0. The molecule has 2 fully saturated rings. The molecule has 1 heterocycles. The lowest BCUT2D eigenvalue weighted by atomic mass is 9.72. The Hall–Kier alpha value is -1.41. The van der Waals surface area contributed by atoms with E-state index >= 15 is 0 Å². The summed E-state index contributed by atoms with van der Waals surface area (Å²) in [4.78, 5) is 13.0. The molecule has 0 spiro atoms. The molecule has 1 aliphatic carbocycles. The van der Waals surface area contributed by atoms with E-state index in [4.69, 9.17) is 21.1 Å². The second-order valence-electron chi connectivity index (χ2n) is 7.04. The molecule has 0 amide bonds. The highest BCUT2D eigenvalue weighted by Gasteiger charge is 2.49. The summed E-state index contributed by atoms with van der Waals surface area (Å²) in [6.07, 6.45) is 2.23. The van der Waals surface area contributed by atoms with E-state index in [9.17, 15) is 10.1 Å². The molecule has 144 valence electrons. The molecule has 1 saturated carbocycles. The number of aryl methyl sites for hydroxylation is 1. The molecule has 0 atom stereocenters. The summed E-state index contributed by atoms with van der Waals surface area (Å²) >= 11 is 6.31. The number of non-ortho nitro benzene ring substituents is 1. The van der Waals surface area contributed by atoms with Crippen LogP contribution in [0.4, 0.5) is 11.4 Å². The highest BCUT2D eigenvalue weighted by Crippen LogP contribution is 2.41. The quantitative estimate of drug-likeness (QED) is 0.575. The molecule has 1 aliphatic heterocycles. The molecule has 1 saturated heterocycles. The minimum Gasteiger partial charge on any atom is -0.382 e. The largest absolute Gasteiger partial charge is 0.382 e. The van der Waals surface area contributed by atoms with Crippen LogP contribution in [0.1, 0.15) is 25.3 Å². The number of anilines is 1. The summed E-state index contributed by atoms with van der Waals surface area (Å²) in [5.74, 6) is 0. The summed E-state index contributed by atoms with van der Waals surface area (Å²) in [5.41, 5.74) is 1.58. The monoisotopic (exact) mass is 383 g/mol. The van der Waals surface area contributed by atoms with Gasteiger partial charge >= 0.3 is 0 Å². The maximum atomic E-state index is 11.0.